The molecule has 3 aromatic rings. The first-order valence-electron chi connectivity index (χ1n) is 5.99. The number of aromatic nitrogens is 1. The molecule has 3 nitrogen and oxygen atoms in total. The maximum absolute atomic E-state index is 12.0. The Labute approximate surface area is 128 Å². The van der Waals surface area contributed by atoms with Gasteiger partial charge in [-0.3, -0.25) is 9.78 Å². The van der Waals surface area contributed by atoms with E-state index in [2.05, 4.69) is 20.9 Å². The van der Waals surface area contributed by atoms with E-state index in [9.17, 15) is 4.79 Å². The normalized spacial score (nSPS) is 10.7. The molecule has 0 radical (unpaired) electrons. The van der Waals surface area contributed by atoms with Crippen molar-refractivity contribution in [1.29, 1.82) is 0 Å². The third-order valence-corrected chi connectivity index (χ3v) is 4.47. The SMILES string of the molecule is O=C(COc1cccc2cccnc12)c1ccc(Br)s1. The lowest BCUT2D eigenvalue weighted by atomic mass is 10.2. The third-order valence-electron chi connectivity index (χ3n) is 2.80. The van der Waals surface area contributed by atoms with E-state index in [1.54, 1.807) is 12.3 Å². The fourth-order valence-corrected chi connectivity index (χ4v) is 3.18. The van der Waals surface area contributed by atoms with Gasteiger partial charge in [0.05, 0.1) is 8.66 Å². The predicted octanol–water partition coefficient (Wildman–Crippen LogP) is 4.32. The van der Waals surface area contributed by atoms with Gasteiger partial charge in [-0.05, 0) is 40.2 Å². The average Bonchev–Trinajstić information content (AvgIpc) is 2.91. The molecule has 0 bridgehead atoms. The van der Waals surface area contributed by atoms with Crippen molar-refractivity contribution in [3.05, 3.63) is 57.3 Å². The lowest BCUT2D eigenvalue weighted by molar-refractivity contribution is 0.0926. The fraction of sp³-hybridized carbons (Fsp3) is 0.0667. The Morgan fingerprint density at radius 1 is 1.20 bits per heavy atom. The molecule has 1 aromatic carbocycles. The molecule has 0 aliphatic heterocycles. The number of ketones is 1. The molecule has 0 atom stereocenters. The van der Waals surface area contributed by atoms with Crippen LogP contribution in [-0.4, -0.2) is 17.4 Å². The maximum Gasteiger partial charge on any atom is 0.210 e. The number of fused-ring (bicyclic) bond motifs is 1. The number of nitrogens with zero attached hydrogens (tertiary/aromatic N) is 1. The number of Topliss-reactive ketones (excluding diaryl/α,β-unsaturated/α-hetero) is 1. The Morgan fingerprint density at radius 3 is 2.85 bits per heavy atom. The largest absolute Gasteiger partial charge is 0.483 e. The van der Waals surface area contributed by atoms with Crippen LogP contribution in [0.4, 0.5) is 0 Å². The number of carbonyl (C=O) groups excluding carboxylic acids is 1. The highest BCUT2D eigenvalue weighted by Gasteiger charge is 2.11. The van der Waals surface area contributed by atoms with Crippen molar-refractivity contribution < 1.29 is 9.53 Å². The van der Waals surface area contributed by atoms with Crippen LogP contribution in [0.2, 0.25) is 0 Å². The molecule has 100 valence electrons. The van der Waals surface area contributed by atoms with Crippen LogP contribution in [0.5, 0.6) is 5.75 Å². The predicted molar refractivity (Wildman–Crippen MR) is 83.6 cm³/mol. The summed E-state index contributed by atoms with van der Waals surface area (Å²) in [4.78, 5) is 17.0. The van der Waals surface area contributed by atoms with E-state index >= 15 is 0 Å². The monoisotopic (exact) mass is 347 g/mol. The van der Waals surface area contributed by atoms with E-state index in [1.165, 1.54) is 11.3 Å². The van der Waals surface area contributed by atoms with Crippen LogP contribution in [0.1, 0.15) is 9.67 Å². The van der Waals surface area contributed by atoms with Crippen molar-refractivity contribution in [2.45, 2.75) is 0 Å². The first-order chi connectivity index (χ1) is 9.74. The average molecular weight is 348 g/mol. The van der Waals surface area contributed by atoms with Crippen molar-refractivity contribution >= 4 is 44.0 Å². The number of benzene rings is 1. The highest BCUT2D eigenvalue weighted by Crippen LogP contribution is 2.25. The Bertz CT molecular complexity index is 764. The van der Waals surface area contributed by atoms with Crippen molar-refractivity contribution in [2.24, 2.45) is 0 Å². The van der Waals surface area contributed by atoms with E-state index in [1.807, 2.05) is 36.4 Å². The molecule has 0 spiro atoms. The molecule has 0 amide bonds. The number of thiophene rings is 1. The van der Waals surface area contributed by atoms with Crippen molar-refractivity contribution in [3.8, 4) is 5.75 Å². The van der Waals surface area contributed by atoms with Gasteiger partial charge in [0, 0.05) is 11.6 Å². The van der Waals surface area contributed by atoms with Crippen molar-refractivity contribution in [3.63, 3.8) is 0 Å². The zero-order chi connectivity index (χ0) is 13.9. The van der Waals surface area contributed by atoms with Crippen LogP contribution >= 0.6 is 27.3 Å². The van der Waals surface area contributed by atoms with Gasteiger partial charge in [-0.2, -0.15) is 0 Å². The third kappa shape index (κ3) is 2.73. The molecule has 3 rings (SSSR count). The van der Waals surface area contributed by atoms with Gasteiger partial charge in [-0.25, -0.2) is 0 Å². The van der Waals surface area contributed by atoms with Crippen LogP contribution < -0.4 is 4.74 Å². The Kier molecular flexibility index (Phi) is 3.80. The number of hydrogen-bond acceptors (Lipinski definition) is 4. The van der Waals surface area contributed by atoms with E-state index in [0.29, 0.717) is 10.6 Å². The molecule has 0 saturated heterocycles. The van der Waals surface area contributed by atoms with E-state index in [0.717, 1.165) is 14.7 Å². The minimum absolute atomic E-state index is 0.0165. The number of hydrogen-bond donors (Lipinski definition) is 0. The number of rotatable bonds is 4. The standard InChI is InChI=1S/C15H10BrNO2S/c16-14-7-6-13(20-14)11(18)9-19-12-5-1-3-10-4-2-8-17-15(10)12/h1-8H,9H2. The molecule has 0 N–H and O–H groups in total. The highest BCUT2D eigenvalue weighted by atomic mass is 79.9. The van der Waals surface area contributed by atoms with Crippen LogP contribution in [0, 0.1) is 0 Å². The Morgan fingerprint density at radius 2 is 2.05 bits per heavy atom. The van der Waals surface area contributed by atoms with Gasteiger partial charge >= 0.3 is 0 Å². The summed E-state index contributed by atoms with van der Waals surface area (Å²) in [5, 5.41) is 0.997. The molecule has 0 saturated carbocycles. The zero-order valence-electron chi connectivity index (χ0n) is 10.4. The maximum atomic E-state index is 12.0. The van der Waals surface area contributed by atoms with Crippen molar-refractivity contribution in [2.75, 3.05) is 6.61 Å². The summed E-state index contributed by atoms with van der Waals surface area (Å²) >= 11 is 4.75. The molecule has 2 aromatic heterocycles. The fourth-order valence-electron chi connectivity index (χ4n) is 1.87. The molecule has 0 unspecified atom stereocenters. The second-order valence-corrected chi connectivity index (χ2v) is 6.61. The minimum atomic E-state index is -0.0337. The van der Waals surface area contributed by atoms with E-state index in [-0.39, 0.29) is 12.4 Å². The highest BCUT2D eigenvalue weighted by molar-refractivity contribution is 9.11. The first kappa shape index (κ1) is 13.3. The van der Waals surface area contributed by atoms with Gasteiger partial charge in [0.25, 0.3) is 0 Å². The van der Waals surface area contributed by atoms with Gasteiger partial charge < -0.3 is 4.74 Å². The number of ether oxygens (including phenoxy) is 1. The molecular formula is C15H10BrNO2S. The summed E-state index contributed by atoms with van der Waals surface area (Å²) in [5.74, 6) is 0.598. The van der Waals surface area contributed by atoms with Crippen LogP contribution in [0.25, 0.3) is 10.9 Å². The number of halogens is 1. The smallest absolute Gasteiger partial charge is 0.210 e. The number of carbonyl (C=O) groups is 1. The summed E-state index contributed by atoms with van der Waals surface area (Å²) in [7, 11) is 0. The second kappa shape index (κ2) is 5.73. The molecule has 0 aliphatic carbocycles. The molecule has 0 aliphatic rings. The number of pyridine rings is 1. The summed E-state index contributed by atoms with van der Waals surface area (Å²) in [6, 6.07) is 13.2. The van der Waals surface area contributed by atoms with Gasteiger partial charge in [-0.1, -0.05) is 18.2 Å². The van der Waals surface area contributed by atoms with E-state index < -0.39 is 0 Å². The van der Waals surface area contributed by atoms with Gasteiger partial charge in [0.15, 0.2) is 6.61 Å². The van der Waals surface area contributed by atoms with Gasteiger partial charge in [-0.15, -0.1) is 11.3 Å². The van der Waals surface area contributed by atoms with Crippen molar-refractivity contribution in [1.82, 2.24) is 4.98 Å². The lowest BCUT2D eigenvalue weighted by Crippen LogP contribution is -2.10. The first-order valence-corrected chi connectivity index (χ1v) is 7.60. The number of para-hydroxylation sites is 1. The molecular weight excluding hydrogens is 338 g/mol. The lowest BCUT2D eigenvalue weighted by Gasteiger charge is -2.07. The Hall–Kier alpha value is -1.72. The molecule has 0 fully saturated rings. The topological polar surface area (TPSA) is 39.2 Å². The Balaban J connectivity index is 1.79. The summed E-state index contributed by atoms with van der Waals surface area (Å²) in [5.41, 5.74) is 0.773. The van der Waals surface area contributed by atoms with Gasteiger partial charge in [0.2, 0.25) is 5.78 Å². The van der Waals surface area contributed by atoms with Crippen LogP contribution in [0.15, 0.2) is 52.4 Å². The second-order valence-electron chi connectivity index (χ2n) is 4.15. The minimum Gasteiger partial charge on any atom is -0.483 e. The molecule has 20 heavy (non-hydrogen) atoms. The molecule has 5 heteroatoms. The molecule has 2 heterocycles. The summed E-state index contributed by atoms with van der Waals surface area (Å²) in [6.07, 6.45) is 1.72. The van der Waals surface area contributed by atoms with Crippen LogP contribution in [0.3, 0.4) is 0 Å². The van der Waals surface area contributed by atoms with Crippen LogP contribution in [-0.2, 0) is 0 Å². The quantitative estimate of drug-likeness (QED) is 0.659. The van der Waals surface area contributed by atoms with E-state index in [4.69, 9.17) is 4.74 Å². The van der Waals surface area contributed by atoms with Gasteiger partial charge in [0.1, 0.15) is 11.3 Å². The summed E-state index contributed by atoms with van der Waals surface area (Å²) < 4.78 is 6.56. The zero-order valence-corrected chi connectivity index (χ0v) is 12.8. The summed E-state index contributed by atoms with van der Waals surface area (Å²) in [6.45, 7) is 0.0165.